The zero-order valence-electron chi connectivity index (χ0n) is 20.8. The van der Waals surface area contributed by atoms with E-state index in [0.717, 1.165) is 32.1 Å². The van der Waals surface area contributed by atoms with Crippen LogP contribution in [0, 0.1) is 47.9 Å². The van der Waals surface area contributed by atoms with Gasteiger partial charge in [-0.25, -0.2) is 0 Å². The Labute approximate surface area is 205 Å². The first-order valence-corrected chi connectivity index (χ1v) is 13.2. The van der Waals surface area contributed by atoms with Gasteiger partial charge < -0.3 is 10.2 Å². The molecule has 2 N–H and O–H groups in total. The van der Waals surface area contributed by atoms with Gasteiger partial charge in [-0.1, -0.05) is 94.5 Å². The summed E-state index contributed by atoms with van der Waals surface area (Å²) < 4.78 is 0. The average Bonchev–Trinajstić information content (AvgIpc) is 2.82. The van der Waals surface area contributed by atoms with E-state index < -0.39 is 6.10 Å². The summed E-state index contributed by atoms with van der Waals surface area (Å²) in [5.41, 5.74) is 0. The van der Waals surface area contributed by atoms with Crippen LogP contribution in [0.4, 0.5) is 0 Å². The number of aliphatic hydroxyl groups excluding tert-OH is 2. The van der Waals surface area contributed by atoms with Crippen LogP contribution in [0.5, 0.6) is 0 Å². The van der Waals surface area contributed by atoms with Crippen LogP contribution in [0.25, 0.3) is 0 Å². The maximum Gasteiger partial charge on any atom is 0.115 e. The fourth-order valence-electron chi connectivity index (χ4n) is 3.57. The summed E-state index contributed by atoms with van der Waals surface area (Å²) in [5, 5.41) is 18.2. The third kappa shape index (κ3) is 27.9. The Balaban J connectivity index is 3.28. The molecule has 0 rings (SSSR count). The van der Waals surface area contributed by atoms with Gasteiger partial charge in [0.15, 0.2) is 0 Å². The van der Waals surface area contributed by atoms with Crippen molar-refractivity contribution in [2.75, 3.05) is 6.61 Å². The molecule has 0 aromatic heterocycles. The fraction of sp³-hybridized carbons (Fsp3) is 0.677. The van der Waals surface area contributed by atoms with Crippen molar-refractivity contribution in [1.29, 1.82) is 0 Å². The molecule has 182 valence electrons. The van der Waals surface area contributed by atoms with Gasteiger partial charge in [-0.05, 0) is 56.4 Å². The monoisotopic (exact) mass is 450 g/mol. The van der Waals surface area contributed by atoms with E-state index in [1.54, 1.807) is 6.08 Å². The third-order valence-corrected chi connectivity index (χ3v) is 5.51. The molecule has 2 nitrogen and oxygen atoms in total. The summed E-state index contributed by atoms with van der Waals surface area (Å²) >= 11 is 0. The van der Waals surface area contributed by atoms with E-state index in [1.807, 2.05) is 0 Å². The summed E-state index contributed by atoms with van der Waals surface area (Å²) in [4.78, 5) is 0. The van der Waals surface area contributed by atoms with Gasteiger partial charge in [0.1, 0.15) is 12.7 Å². The summed E-state index contributed by atoms with van der Waals surface area (Å²) in [7, 11) is 0. The molecule has 0 aliphatic carbocycles. The van der Waals surface area contributed by atoms with Crippen molar-refractivity contribution in [3.63, 3.8) is 0 Å². The van der Waals surface area contributed by atoms with Crippen molar-refractivity contribution < 1.29 is 10.2 Å². The van der Waals surface area contributed by atoms with Gasteiger partial charge >= 0.3 is 0 Å². The lowest BCUT2D eigenvalue weighted by molar-refractivity contribution is 0.217. The molecule has 0 radical (unpaired) electrons. The summed E-state index contributed by atoms with van der Waals surface area (Å²) in [5.74, 6) is 19.4. The van der Waals surface area contributed by atoms with Crippen LogP contribution in [0.1, 0.15) is 122 Å². The van der Waals surface area contributed by atoms with Crippen LogP contribution in [0.15, 0.2) is 12.2 Å². The van der Waals surface area contributed by atoms with E-state index in [9.17, 15) is 5.11 Å². The Morgan fingerprint density at radius 2 is 1.15 bits per heavy atom. The van der Waals surface area contributed by atoms with Crippen LogP contribution in [-0.4, -0.2) is 22.9 Å². The van der Waals surface area contributed by atoms with Crippen molar-refractivity contribution >= 4 is 0 Å². The lowest BCUT2D eigenvalue weighted by Gasteiger charge is -2.03. The van der Waals surface area contributed by atoms with Crippen molar-refractivity contribution in [2.45, 2.75) is 128 Å². The van der Waals surface area contributed by atoms with Gasteiger partial charge in [-0.15, -0.1) is 18.3 Å². The highest BCUT2D eigenvalue weighted by atomic mass is 16.3. The Bertz CT molecular complexity index is 678. The number of hydrogen-bond donors (Lipinski definition) is 2. The minimum atomic E-state index is -0.598. The van der Waals surface area contributed by atoms with Crippen molar-refractivity contribution in [2.24, 2.45) is 0 Å². The Kier molecular flexibility index (Phi) is 26.2. The second-order valence-electron chi connectivity index (χ2n) is 8.55. The van der Waals surface area contributed by atoms with Gasteiger partial charge in [0.2, 0.25) is 0 Å². The number of allylic oxidation sites excluding steroid dienone is 2. The highest BCUT2D eigenvalue weighted by molar-refractivity contribution is 5.27. The minimum absolute atomic E-state index is 0.188. The zero-order valence-corrected chi connectivity index (χ0v) is 20.8. The van der Waals surface area contributed by atoms with E-state index in [0.29, 0.717) is 6.42 Å². The van der Waals surface area contributed by atoms with Gasteiger partial charge in [0.25, 0.3) is 0 Å². The zero-order chi connectivity index (χ0) is 24.1. The largest absolute Gasteiger partial charge is 0.384 e. The molecule has 0 fully saturated rings. The van der Waals surface area contributed by atoms with Gasteiger partial charge in [-0.2, -0.15) is 0 Å². The molecule has 0 aliphatic rings. The predicted octanol–water partition coefficient (Wildman–Crippen LogP) is 6.95. The smallest absolute Gasteiger partial charge is 0.115 e. The molecule has 0 aromatic carbocycles. The number of rotatable bonds is 19. The number of unbranched alkanes of at least 4 members (excludes halogenated alkanes) is 16. The molecule has 0 saturated carbocycles. The Morgan fingerprint density at radius 1 is 0.636 bits per heavy atom. The fourth-order valence-corrected chi connectivity index (χ4v) is 3.57. The molecule has 33 heavy (non-hydrogen) atoms. The van der Waals surface area contributed by atoms with Gasteiger partial charge in [0, 0.05) is 12.8 Å². The normalized spacial score (nSPS) is 10.9. The SMILES string of the molecule is C#C/C=C\CCCCCCCCCCC#CCCCCCCCCC[C@@H](O)C#CC#CCO. The molecule has 0 unspecified atom stereocenters. The first-order valence-electron chi connectivity index (χ1n) is 13.2. The lowest BCUT2D eigenvalue weighted by Crippen LogP contribution is -2.01. The molecular formula is C31H46O2. The maximum atomic E-state index is 9.70. The van der Waals surface area contributed by atoms with Crippen molar-refractivity contribution in [1.82, 2.24) is 0 Å². The molecule has 0 aliphatic heterocycles. The van der Waals surface area contributed by atoms with Crippen molar-refractivity contribution in [3.05, 3.63) is 12.2 Å². The molecule has 0 bridgehead atoms. The first kappa shape index (κ1) is 30.9. The lowest BCUT2D eigenvalue weighted by atomic mass is 10.1. The molecule has 0 spiro atoms. The average molecular weight is 451 g/mol. The van der Waals surface area contributed by atoms with Crippen LogP contribution >= 0.6 is 0 Å². The highest BCUT2D eigenvalue weighted by Gasteiger charge is 1.98. The quantitative estimate of drug-likeness (QED) is 0.165. The second kappa shape index (κ2) is 27.9. The summed E-state index contributed by atoms with van der Waals surface area (Å²) in [6.45, 7) is -0.188. The van der Waals surface area contributed by atoms with E-state index in [1.165, 1.54) is 83.5 Å². The van der Waals surface area contributed by atoms with E-state index in [2.05, 4.69) is 47.5 Å². The molecule has 0 aromatic rings. The molecule has 1 atom stereocenters. The van der Waals surface area contributed by atoms with Crippen LogP contribution < -0.4 is 0 Å². The van der Waals surface area contributed by atoms with Gasteiger partial charge in [-0.3, -0.25) is 0 Å². The topological polar surface area (TPSA) is 40.5 Å². The first-order chi connectivity index (χ1) is 16.3. The van der Waals surface area contributed by atoms with Gasteiger partial charge in [0.05, 0.1) is 0 Å². The molecule has 0 heterocycles. The Morgan fingerprint density at radius 3 is 1.70 bits per heavy atom. The van der Waals surface area contributed by atoms with Crippen LogP contribution in [0.2, 0.25) is 0 Å². The van der Waals surface area contributed by atoms with Crippen molar-refractivity contribution in [3.8, 4) is 47.9 Å². The number of terminal acetylenes is 1. The van der Waals surface area contributed by atoms with E-state index in [-0.39, 0.29) is 6.61 Å². The second-order valence-corrected chi connectivity index (χ2v) is 8.55. The van der Waals surface area contributed by atoms with E-state index in [4.69, 9.17) is 11.5 Å². The van der Waals surface area contributed by atoms with E-state index >= 15 is 0 Å². The molecule has 2 heteroatoms. The molecule has 0 amide bonds. The standard InChI is InChI=1S/C31H46O2/c1-2-3-4-5-6-7-8-9-10-11-12-13-14-15-16-17-18-19-20-21-22-23-25-28-31(33)29-26-24-27-30-32/h1,3-4,31-33H,5-14,17-23,25,28,30H2/b4-3-/t31-/m1/s1. The minimum Gasteiger partial charge on any atom is -0.384 e. The maximum absolute atomic E-state index is 9.70. The summed E-state index contributed by atoms with van der Waals surface area (Å²) in [6.07, 6.45) is 31.4. The highest BCUT2D eigenvalue weighted by Crippen LogP contribution is 2.12. The molecular weight excluding hydrogens is 404 g/mol. The van der Waals surface area contributed by atoms with Crippen LogP contribution in [-0.2, 0) is 0 Å². The number of hydrogen-bond acceptors (Lipinski definition) is 2. The molecule has 0 saturated heterocycles. The predicted molar refractivity (Wildman–Crippen MR) is 142 cm³/mol. The Hall–Kier alpha value is -2.10. The number of aliphatic hydroxyl groups is 2. The van der Waals surface area contributed by atoms with Crippen LogP contribution in [0.3, 0.4) is 0 Å². The summed E-state index contributed by atoms with van der Waals surface area (Å²) in [6, 6.07) is 0. The third-order valence-electron chi connectivity index (χ3n) is 5.51.